The fourth-order valence-electron chi connectivity index (χ4n) is 0.666. The summed E-state index contributed by atoms with van der Waals surface area (Å²) in [7, 11) is 0. The third-order valence-electron chi connectivity index (χ3n) is 1.13. The number of nitrogens with two attached hydrogens (primary N) is 1. The van der Waals surface area contributed by atoms with E-state index in [9.17, 15) is 0 Å². The van der Waals surface area contributed by atoms with Crippen LogP contribution in [0.2, 0.25) is 0 Å². The Balaban J connectivity index is 3.38. The van der Waals surface area contributed by atoms with Crippen LogP contribution in [-0.4, -0.2) is 16.6 Å². The van der Waals surface area contributed by atoms with Crippen LogP contribution in [0.5, 0.6) is 0 Å². The number of hydrogen-bond donors (Lipinski definition) is 3. The molecule has 2 atom stereocenters. The number of aliphatic hydroxyl groups is 1. The summed E-state index contributed by atoms with van der Waals surface area (Å²) in [5, 5.41) is 8.81. The highest BCUT2D eigenvalue weighted by Gasteiger charge is 2.10. The van der Waals surface area contributed by atoms with Crippen molar-refractivity contribution in [2.75, 3.05) is 0 Å². The first-order chi connectivity index (χ1) is 4.04. The predicted molar refractivity (Wildman–Crippen MR) is 42.4 cm³/mol. The molecule has 0 aliphatic heterocycles. The van der Waals surface area contributed by atoms with Crippen molar-refractivity contribution in [1.29, 1.82) is 0 Å². The van der Waals surface area contributed by atoms with Gasteiger partial charge in [-0.15, -0.1) is 12.6 Å². The molecular formula is C6H15NOS. The minimum atomic E-state index is -0.674. The van der Waals surface area contributed by atoms with E-state index in [1.54, 1.807) is 0 Å². The first-order valence-electron chi connectivity index (χ1n) is 3.15. The highest BCUT2D eigenvalue weighted by Crippen LogP contribution is 2.07. The molecule has 0 saturated carbocycles. The summed E-state index contributed by atoms with van der Waals surface area (Å²) >= 11 is 3.80. The van der Waals surface area contributed by atoms with Gasteiger partial charge in [0.05, 0.1) is 0 Å². The van der Waals surface area contributed by atoms with Gasteiger partial charge in [-0.2, -0.15) is 0 Å². The van der Waals surface area contributed by atoms with Gasteiger partial charge in [-0.05, 0) is 12.3 Å². The van der Waals surface area contributed by atoms with Gasteiger partial charge in [-0.25, -0.2) is 0 Å². The zero-order valence-corrected chi connectivity index (χ0v) is 6.81. The SMILES string of the molecule is CC(C)C[C@H](N)C(O)S. The van der Waals surface area contributed by atoms with Crippen molar-refractivity contribution in [3.8, 4) is 0 Å². The van der Waals surface area contributed by atoms with Crippen LogP contribution in [-0.2, 0) is 0 Å². The molecule has 3 N–H and O–H groups in total. The Morgan fingerprint density at radius 2 is 2.00 bits per heavy atom. The molecule has 0 fully saturated rings. The second-order valence-electron chi connectivity index (χ2n) is 2.71. The van der Waals surface area contributed by atoms with Crippen LogP contribution in [0.4, 0.5) is 0 Å². The van der Waals surface area contributed by atoms with Crippen LogP contribution < -0.4 is 5.73 Å². The minimum Gasteiger partial charge on any atom is -0.381 e. The zero-order chi connectivity index (χ0) is 7.44. The Bertz CT molecular complexity index is 75.5. The van der Waals surface area contributed by atoms with Crippen LogP contribution >= 0.6 is 12.6 Å². The van der Waals surface area contributed by atoms with Crippen LogP contribution in [0.3, 0.4) is 0 Å². The maximum atomic E-state index is 8.81. The lowest BCUT2D eigenvalue weighted by atomic mass is 10.1. The first-order valence-corrected chi connectivity index (χ1v) is 3.67. The summed E-state index contributed by atoms with van der Waals surface area (Å²) in [4.78, 5) is 0. The Kier molecular flexibility index (Phi) is 4.27. The molecule has 0 bridgehead atoms. The summed E-state index contributed by atoms with van der Waals surface area (Å²) in [5.41, 5.74) is 4.82. The average Bonchev–Trinajstić information content (AvgIpc) is 1.63. The highest BCUT2D eigenvalue weighted by molar-refractivity contribution is 7.80. The third-order valence-corrected chi connectivity index (χ3v) is 1.51. The van der Waals surface area contributed by atoms with E-state index in [2.05, 4.69) is 26.5 Å². The van der Waals surface area contributed by atoms with Crippen molar-refractivity contribution in [3.05, 3.63) is 0 Å². The number of rotatable bonds is 3. The Labute approximate surface area is 61.9 Å². The molecule has 0 spiro atoms. The number of thiol groups is 1. The standard InChI is InChI=1S/C6H15NOS/c1-4(2)3-5(7)6(8)9/h4-6,8-9H,3,7H2,1-2H3/t5-,6?/m0/s1. The van der Waals surface area contributed by atoms with Gasteiger partial charge in [-0.1, -0.05) is 13.8 Å². The normalized spacial score (nSPS) is 18.0. The molecular weight excluding hydrogens is 134 g/mol. The lowest BCUT2D eigenvalue weighted by Gasteiger charge is -2.15. The maximum absolute atomic E-state index is 8.81. The van der Waals surface area contributed by atoms with Crippen LogP contribution in [0, 0.1) is 5.92 Å². The summed E-state index contributed by atoms with van der Waals surface area (Å²) in [5.74, 6) is 0.529. The molecule has 0 heterocycles. The molecule has 3 heteroatoms. The second kappa shape index (κ2) is 4.14. The number of hydrogen-bond acceptors (Lipinski definition) is 3. The van der Waals surface area contributed by atoms with Gasteiger partial charge in [0.15, 0.2) is 0 Å². The summed E-state index contributed by atoms with van der Waals surface area (Å²) in [6.07, 6.45) is 0.824. The van der Waals surface area contributed by atoms with Crippen LogP contribution in [0.25, 0.3) is 0 Å². The summed E-state index contributed by atoms with van der Waals surface area (Å²) in [6, 6.07) is -0.187. The molecule has 2 nitrogen and oxygen atoms in total. The van der Waals surface area contributed by atoms with Crippen molar-refractivity contribution in [2.24, 2.45) is 11.7 Å². The van der Waals surface area contributed by atoms with Crippen molar-refractivity contribution in [2.45, 2.75) is 31.7 Å². The highest BCUT2D eigenvalue weighted by atomic mass is 32.1. The topological polar surface area (TPSA) is 46.2 Å². The molecule has 0 radical (unpaired) electrons. The Hall–Kier alpha value is 0.270. The molecule has 9 heavy (non-hydrogen) atoms. The van der Waals surface area contributed by atoms with Crippen LogP contribution in [0.1, 0.15) is 20.3 Å². The van der Waals surface area contributed by atoms with E-state index in [0.29, 0.717) is 5.92 Å². The van der Waals surface area contributed by atoms with E-state index in [0.717, 1.165) is 6.42 Å². The Morgan fingerprint density at radius 3 is 2.11 bits per heavy atom. The van der Waals surface area contributed by atoms with Gasteiger partial charge in [0, 0.05) is 6.04 Å². The van der Waals surface area contributed by atoms with E-state index in [1.807, 2.05) is 0 Å². The monoisotopic (exact) mass is 149 g/mol. The number of aliphatic hydroxyl groups excluding tert-OH is 1. The molecule has 0 aliphatic rings. The quantitative estimate of drug-likeness (QED) is 0.406. The molecule has 0 saturated heterocycles. The van der Waals surface area contributed by atoms with Gasteiger partial charge in [-0.3, -0.25) is 0 Å². The lowest BCUT2D eigenvalue weighted by molar-refractivity contribution is 0.218. The van der Waals surface area contributed by atoms with Crippen molar-refractivity contribution in [3.63, 3.8) is 0 Å². The van der Waals surface area contributed by atoms with E-state index in [4.69, 9.17) is 10.8 Å². The maximum Gasteiger partial charge on any atom is 0.112 e. The summed E-state index contributed by atoms with van der Waals surface area (Å²) in [6.45, 7) is 4.13. The lowest BCUT2D eigenvalue weighted by Crippen LogP contribution is -2.31. The van der Waals surface area contributed by atoms with Gasteiger partial charge < -0.3 is 10.8 Å². The smallest absolute Gasteiger partial charge is 0.112 e. The fraction of sp³-hybridized carbons (Fsp3) is 1.00. The first kappa shape index (κ1) is 9.27. The van der Waals surface area contributed by atoms with Crippen molar-refractivity contribution < 1.29 is 5.11 Å². The largest absolute Gasteiger partial charge is 0.381 e. The second-order valence-corrected chi connectivity index (χ2v) is 3.24. The molecule has 0 amide bonds. The van der Waals surface area contributed by atoms with E-state index >= 15 is 0 Å². The molecule has 0 aromatic heterocycles. The van der Waals surface area contributed by atoms with Gasteiger partial charge >= 0.3 is 0 Å². The molecule has 0 aromatic rings. The van der Waals surface area contributed by atoms with Crippen molar-refractivity contribution in [1.82, 2.24) is 0 Å². The Morgan fingerprint density at radius 1 is 1.56 bits per heavy atom. The predicted octanol–water partition coefficient (Wildman–Crippen LogP) is 0.608. The van der Waals surface area contributed by atoms with Gasteiger partial charge in [0.2, 0.25) is 0 Å². The molecule has 1 unspecified atom stereocenters. The van der Waals surface area contributed by atoms with Crippen molar-refractivity contribution >= 4 is 12.6 Å². The zero-order valence-electron chi connectivity index (χ0n) is 5.91. The van der Waals surface area contributed by atoms with E-state index in [1.165, 1.54) is 0 Å². The van der Waals surface area contributed by atoms with E-state index in [-0.39, 0.29) is 6.04 Å². The third kappa shape index (κ3) is 4.75. The van der Waals surface area contributed by atoms with Gasteiger partial charge in [0.1, 0.15) is 5.44 Å². The molecule has 0 rings (SSSR count). The fourth-order valence-corrected chi connectivity index (χ4v) is 0.788. The molecule has 0 aliphatic carbocycles. The van der Waals surface area contributed by atoms with E-state index < -0.39 is 5.44 Å². The molecule has 0 aromatic carbocycles. The van der Waals surface area contributed by atoms with Gasteiger partial charge in [0.25, 0.3) is 0 Å². The van der Waals surface area contributed by atoms with Crippen LogP contribution in [0.15, 0.2) is 0 Å². The average molecular weight is 149 g/mol. The molecule has 56 valence electrons. The minimum absolute atomic E-state index is 0.187. The summed E-state index contributed by atoms with van der Waals surface area (Å²) < 4.78 is 0.